The molecule has 0 unspecified atom stereocenters. The number of para-hydroxylation sites is 1. The highest BCUT2D eigenvalue weighted by molar-refractivity contribution is 5.96. The van der Waals surface area contributed by atoms with Crippen molar-refractivity contribution >= 4 is 11.7 Å². The first-order valence-electron chi connectivity index (χ1n) is 7.53. The molecule has 0 aliphatic heterocycles. The smallest absolute Gasteiger partial charge is 0.273 e. The molecule has 2 rings (SSSR count). The van der Waals surface area contributed by atoms with Crippen molar-refractivity contribution in [3.63, 3.8) is 0 Å². The summed E-state index contributed by atoms with van der Waals surface area (Å²) in [5.41, 5.74) is 6.62. The van der Waals surface area contributed by atoms with Crippen LogP contribution in [-0.2, 0) is 0 Å². The topological polar surface area (TPSA) is 110 Å². The third kappa shape index (κ3) is 3.99. The van der Waals surface area contributed by atoms with Gasteiger partial charge in [0.15, 0.2) is 11.5 Å². The molecular weight excluding hydrogens is 308 g/mol. The highest BCUT2D eigenvalue weighted by atomic mass is 16.5. The molecule has 7 heteroatoms. The van der Waals surface area contributed by atoms with E-state index in [1.807, 2.05) is 32.0 Å². The number of nitrogens with one attached hydrogen (secondary N) is 1. The fraction of sp³-hybridized carbons (Fsp3) is 0.353. The number of nitrogen functional groups attached to an aromatic ring is 1. The number of aliphatic hydroxyl groups is 1. The van der Waals surface area contributed by atoms with Gasteiger partial charge in [0.25, 0.3) is 5.91 Å². The molecule has 0 fully saturated rings. The molecule has 0 bridgehead atoms. The van der Waals surface area contributed by atoms with Crippen LogP contribution in [-0.4, -0.2) is 41.2 Å². The van der Waals surface area contributed by atoms with Crippen LogP contribution in [0.5, 0.6) is 5.75 Å². The standard InChI is InChI=1S/C17H22N4O3/c1-17(2,10-22)9-20-16(23)14-15(18)19-8-12(21-14)11-6-4-5-7-13(11)24-3/h4-8,22H,9-10H2,1-3H3,(H2,18,19)(H,20,23). The van der Waals surface area contributed by atoms with E-state index in [0.717, 1.165) is 5.56 Å². The SMILES string of the molecule is COc1ccccc1-c1cnc(N)c(C(=O)NCC(C)(C)CO)n1. The number of nitrogens with two attached hydrogens (primary N) is 1. The number of aliphatic hydroxyl groups excluding tert-OH is 1. The Morgan fingerprint density at radius 3 is 2.75 bits per heavy atom. The van der Waals surface area contributed by atoms with E-state index < -0.39 is 11.3 Å². The van der Waals surface area contributed by atoms with Crippen LogP contribution >= 0.6 is 0 Å². The van der Waals surface area contributed by atoms with Gasteiger partial charge in [0.1, 0.15) is 5.75 Å². The Hall–Kier alpha value is -2.67. The van der Waals surface area contributed by atoms with Crippen LogP contribution in [0, 0.1) is 5.41 Å². The largest absolute Gasteiger partial charge is 0.496 e. The number of anilines is 1. The van der Waals surface area contributed by atoms with E-state index >= 15 is 0 Å². The van der Waals surface area contributed by atoms with Crippen LogP contribution in [0.25, 0.3) is 11.3 Å². The highest BCUT2D eigenvalue weighted by Crippen LogP contribution is 2.28. The minimum atomic E-state index is -0.432. The zero-order chi connectivity index (χ0) is 17.7. The van der Waals surface area contributed by atoms with Gasteiger partial charge in [-0.2, -0.15) is 0 Å². The molecule has 1 aromatic carbocycles. The molecule has 0 aliphatic rings. The summed E-state index contributed by atoms with van der Waals surface area (Å²) in [7, 11) is 1.56. The minimum absolute atomic E-state index is 0.0459. The number of hydrogen-bond acceptors (Lipinski definition) is 6. The van der Waals surface area contributed by atoms with Crippen LogP contribution in [0.3, 0.4) is 0 Å². The monoisotopic (exact) mass is 330 g/mol. The number of methoxy groups -OCH3 is 1. The van der Waals surface area contributed by atoms with E-state index in [-0.39, 0.29) is 18.1 Å². The lowest BCUT2D eigenvalue weighted by atomic mass is 9.95. The van der Waals surface area contributed by atoms with E-state index in [1.54, 1.807) is 13.2 Å². The Balaban J connectivity index is 2.30. The maximum absolute atomic E-state index is 12.4. The summed E-state index contributed by atoms with van der Waals surface area (Å²) >= 11 is 0. The van der Waals surface area contributed by atoms with Crippen molar-refractivity contribution in [2.75, 3.05) is 26.0 Å². The fourth-order valence-corrected chi connectivity index (χ4v) is 2.01. The Morgan fingerprint density at radius 1 is 1.38 bits per heavy atom. The summed E-state index contributed by atoms with van der Waals surface area (Å²) in [5, 5.41) is 12.0. The summed E-state index contributed by atoms with van der Waals surface area (Å²) in [6.07, 6.45) is 1.50. The molecule has 0 atom stereocenters. The molecule has 1 aromatic heterocycles. The van der Waals surface area contributed by atoms with Crippen LogP contribution in [0.2, 0.25) is 0 Å². The second-order valence-electron chi connectivity index (χ2n) is 6.19. The van der Waals surface area contributed by atoms with Gasteiger partial charge in [-0.15, -0.1) is 0 Å². The molecular formula is C17H22N4O3. The molecule has 0 saturated carbocycles. The first kappa shape index (κ1) is 17.7. The third-order valence-corrected chi connectivity index (χ3v) is 3.55. The lowest BCUT2D eigenvalue weighted by Gasteiger charge is -2.21. The number of amides is 1. The molecule has 1 amide bonds. The fourth-order valence-electron chi connectivity index (χ4n) is 2.01. The number of nitrogens with zero attached hydrogens (tertiary/aromatic N) is 2. The average molecular weight is 330 g/mol. The summed E-state index contributed by atoms with van der Waals surface area (Å²) < 4.78 is 5.31. The average Bonchev–Trinajstić information content (AvgIpc) is 2.60. The van der Waals surface area contributed by atoms with Crippen LogP contribution in [0.4, 0.5) is 5.82 Å². The van der Waals surface area contributed by atoms with Gasteiger partial charge in [0, 0.05) is 24.1 Å². The highest BCUT2D eigenvalue weighted by Gasteiger charge is 2.21. The third-order valence-electron chi connectivity index (χ3n) is 3.55. The first-order chi connectivity index (χ1) is 11.4. The normalized spacial score (nSPS) is 11.2. The molecule has 24 heavy (non-hydrogen) atoms. The quantitative estimate of drug-likeness (QED) is 0.740. The Bertz CT molecular complexity index is 732. The van der Waals surface area contributed by atoms with Crippen LogP contribution in [0.1, 0.15) is 24.3 Å². The maximum Gasteiger partial charge on any atom is 0.273 e. The zero-order valence-corrected chi connectivity index (χ0v) is 14.0. The molecule has 0 spiro atoms. The van der Waals surface area contributed by atoms with Crippen molar-refractivity contribution in [1.29, 1.82) is 0 Å². The van der Waals surface area contributed by atoms with Crippen molar-refractivity contribution in [1.82, 2.24) is 15.3 Å². The number of rotatable bonds is 6. The van der Waals surface area contributed by atoms with Gasteiger partial charge in [-0.05, 0) is 12.1 Å². The van der Waals surface area contributed by atoms with Gasteiger partial charge < -0.3 is 20.9 Å². The van der Waals surface area contributed by atoms with Crippen molar-refractivity contribution < 1.29 is 14.6 Å². The zero-order valence-electron chi connectivity index (χ0n) is 14.0. The van der Waals surface area contributed by atoms with E-state index in [4.69, 9.17) is 10.5 Å². The number of hydrogen-bond donors (Lipinski definition) is 3. The Morgan fingerprint density at radius 2 is 2.08 bits per heavy atom. The number of aromatic nitrogens is 2. The summed E-state index contributed by atoms with van der Waals surface area (Å²) in [6.45, 7) is 3.93. The maximum atomic E-state index is 12.4. The molecule has 2 aromatic rings. The van der Waals surface area contributed by atoms with Crippen molar-refractivity contribution in [3.05, 3.63) is 36.2 Å². The van der Waals surface area contributed by atoms with Gasteiger partial charge in [0.2, 0.25) is 0 Å². The van der Waals surface area contributed by atoms with Gasteiger partial charge in [-0.3, -0.25) is 4.79 Å². The van der Waals surface area contributed by atoms with E-state index in [1.165, 1.54) is 6.20 Å². The van der Waals surface area contributed by atoms with Crippen molar-refractivity contribution in [2.24, 2.45) is 5.41 Å². The van der Waals surface area contributed by atoms with Crippen LogP contribution in [0.15, 0.2) is 30.5 Å². The number of carbonyl (C=O) groups excluding carboxylic acids is 1. The molecule has 128 valence electrons. The second-order valence-corrected chi connectivity index (χ2v) is 6.19. The second kappa shape index (κ2) is 7.27. The molecule has 0 aliphatic carbocycles. The molecule has 1 heterocycles. The lowest BCUT2D eigenvalue weighted by molar-refractivity contribution is 0.0907. The molecule has 0 radical (unpaired) electrons. The van der Waals surface area contributed by atoms with E-state index in [9.17, 15) is 9.90 Å². The van der Waals surface area contributed by atoms with Gasteiger partial charge >= 0.3 is 0 Å². The van der Waals surface area contributed by atoms with Gasteiger partial charge in [-0.25, -0.2) is 9.97 Å². The molecule has 0 saturated heterocycles. The van der Waals surface area contributed by atoms with Gasteiger partial charge in [-0.1, -0.05) is 26.0 Å². The number of carbonyl (C=O) groups is 1. The van der Waals surface area contributed by atoms with Crippen molar-refractivity contribution in [3.8, 4) is 17.0 Å². The summed E-state index contributed by atoms with van der Waals surface area (Å²) in [5.74, 6) is 0.246. The molecule has 7 nitrogen and oxygen atoms in total. The van der Waals surface area contributed by atoms with Gasteiger partial charge in [0.05, 0.1) is 19.0 Å². The Labute approximate surface area is 140 Å². The minimum Gasteiger partial charge on any atom is -0.496 e. The first-order valence-corrected chi connectivity index (χ1v) is 7.53. The van der Waals surface area contributed by atoms with Crippen molar-refractivity contribution in [2.45, 2.75) is 13.8 Å². The number of ether oxygens (including phenoxy) is 1. The predicted octanol–water partition coefficient (Wildman–Crippen LogP) is 1.48. The van der Waals surface area contributed by atoms with E-state index in [2.05, 4.69) is 15.3 Å². The summed E-state index contributed by atoms with van der Waals surface area (Å²) in [6, 6.07) is 7.32. The predicted molar refractivity (Wildman–Crippen MR) is 91.6 cm³/mol. The Kier molecular flexibility index (Phi) is 5.35. The lowest BCUT2D eigenvalue weighted by Crippen LogP contribution is -2.36. The number of benzene rings is 1. The van der Waals surface area contributed by atoms with Crippen LogP contribution < -0.4 is 15.8 Å². The molecule has 4 N–H and O–H groups in total. The van der Waals surface area contributed by atoms with E-state index in [0.29, 0.717) is 18.0 Å². The summed E-state index contributed by atoms with van der Waals surface area (Å²) in [4.78, 5) is 20.8.